The van der Waals surface area contributed by atoms with Crippen LogP contribution in [0.15, 0.2) is 18.6 Å². The Balaban J connectivity index is 1.55. The standard InChI is InChI=1S/C17H23N5O2S/c1-12(23)20-17-19-8-15(25-17)11-22-5-3-4-13(10-22)6-14-7-18-9-16(21-14)24-2/h7-9,13H,3-6,10-11H2,1-2H3,(H,19,20,23). The molecule has 0 aromatic carbocycles. The van der Waals surface area contributed by atoms with Gasteiger partial charge in [-0.2, -0.15) is 0 Å². The average molecular weight is 361 g/mol. The van der Waals surface area contributed by atoms with Crippen LogP contribution in [-0.2, 0) is 17.8 Å². The first-order chi connectivity index (χ1) is 12.1. The quantitative estimate of drug-likeness (QED) is 0.851. The fourth-order valence-corrected chi connectivity index (χ4v) is 4.05. The second kappa shape index (κ2) is 8.35. The van der Waals surface area contributed by atoms with Crippen LogP contribution in [0.5, 0.6) is 5.88 Å². The van der Waals surface area contributed by atoms with E-state index in [1.807, 2.05) is 12.4 Å². The van der Waals surface area contributed by atoms with Crippen molar-refractivity contribution in [3.05, 3.63) is 29.2 Å². The van der Waals surface area contributed by atoms with Crippen molar-refractivity contribution in [3.8, 4) is 5.88 Å². The maximum atomic E-state index is 11.1. The van der Waals surface area contributed by atoms with E-state index in [0.29, 0.717) is 16.9 Å². The van der Waals surface area contributed by atoms with Gasteiger partial charge >= 0.3 is 0 Å². The lowest BCUT2D eigenvalue weighted by atomic mass is 9.93. The van der Waals surface area contributed by atoms with E-state index in [2.05, 4.69) is 25.2 Å². The number of thiazole rings is 1. The minimum Gasteiger partial charge on any atom is -0.480 e. The lowest BCUT2D eigenvalue weighted by Crippen LogP contribution is -2.35. The summed E-state index contributed by atoms with van der Waals surface area (Å²) in [6, 6.07) is 0. The van der Waals surface area contributed by atoms with Gasteiger partial charge in [-0.15, -0.1) is 11.3 Å². The maximum Gasteiger partial charge on any atom is 0.232 e. The van der Waals surface area contributed by atoms with Crippen molar-refractivity contribution in [1.82, 2.24) is 19.9 Å². The highest BCUT2D eigenvalue weighted by Crippen LogP contribution is 2.25. The van der Waals surface area contributed by atoms with E-state index in [0.717, 1.165) is 31.7 Å². The molecule has 3 rings (SSSR count). The molecule has 134 valence electrons. The summed E-state index contributed by atoms with van der Waals surface area (Å²) in [4.78, 5) is 27.6. The third kappa shape index (κ3) is 5.20. The number of carbonyl (C=O) groups excluding carboxylic acids is 1. The number of hydrogen-bond donors (Lipinski definition) is 1. The van der Waals surface area contributed by atoms with Gasteiger partial charge in [0.1, 0.15) is 0 Å². The molecule has 1 aliphatic heterocycles. The molecule has 0 saturated carbocycles. The smallest absolute Gasteiger partial charge is 0.232 e. The lowest BCUT2D eigenvalue weighted by Gasteiger charge is -2.32. The molecular weight excluding hydrogens is 338 g/mol. The largest absolute Gasteiger partial charge is 0.480 e. The summed E-state index contributed by atoms with van der Waals surface area (Å²) >= 11 is 1.54. The molecule has 8 heteroatoms. The van der Waals surface area contributed by atoms with Gasteiger partial charge in [-0.3, -0.25) is 14.7 Å². The third-order valence-corrected chi connectivity index (χ3v) is 5.09. The lowest BCUT2D eigenvalue weighted by molar-refractivity contribution is -0.114. The zero-order valence-electron chi connectivity index (χ0n) is 14.6. The minimum absolute atomic E-state index is 0.0849. The fraction of sp³-hybridized carbons (Fsp3) is 0.529. The molecule has 1 N–H and O–H groups in total. The first-order valence-corrected chi connectivity index (χ1v) is 9.23. The van der Waals surface area contributed by atoms with Gasteiger partial charge in [-0.1, -0.05) is 0 Å². The predicted molar refractivity (Wildman–Crippen MR) is 96.7 cm³/mol. The highest BCUT2D eigenvalue weighted by molar-refractivity contribution is 7.15. The van der Waals surface area contributed by atoms with Gasteiger partial charge < -0.3 is 10.1 Å². The summed E-state index contributed by atoms with van der Waals surface area (Å²) in [5, 5.41) is 3.41. The summed E-state index contributed by atoms with van der Waals surface area (Å²) in [5.41, 5.74) is 0.983. The molecule has 0 aliphatic carbocycles. The van der Waals surface area contributed by atoms with Gasteiger partial charge in [0.2, 0.25) is 11.8 Å². The molecule has 0 radical (unpaired) electrons. The molecule has 25 heavy (non-hydrogen) atoms. The second-order valence-electron chi connectivity index (χ2n) is 6.31. The minimum atomic E-state index is -0.0849. The van der Waals surface area contributed by atoms with Crippen LogP contribution < -0.4 is 10.1 Å². The number of methoxy groups -OCH3 is 1. The molecule has 0 spiro atoms. The Morgan fingerprint density at radius 1 is 1.44 bits per heavy atom. The summed E-state index contributed by atoms with van der Waals surface area (Å²) < 4.78 is 5.15. The maximum absolute atomic E-state index is 11.1. The molecule has 7 nitrogen and oxygen atoms in total. The van der Waals surface area contributed by atoms with Crippen molar-refractivity contribution in [2.24, 2.45) is 5.92 Å². The molecular formula is C17H23N5O2S. The van der Waals surface area contributed by atoms with Crippen LogP contribution in [0.4, 0.5) is 5.13 Å². The number of nitrogens with one attached hydrogen (secondary N) is 1. The normalized spacial score (nSPS) is 18.1. The van der Waals surface area contributed by atoms with E-state index in [-0.39, 0.29) is 5.91 Å². The molecule has 1 unspecified atom stereocenters. The number of nitrogens with zero attached hydrogens (tertiary/aromatic N) is 4. The van der Waals surface area contributed by atoms with E-state index in [1.54, 1.807) is 24.6 Å². The Bertz CT molecular complexity index is 721. The van der Waals surface area contributed by atoms with Crippen LogP contribution in [0, 0.1) is 5.92 Å². The third-order valence-electron chi connectivity index (χ3n) is 4.19. The number of hydrogen-bond acceptors (Lipinski definition) is 7. The van der Waals surface area contributed by atoms with Crippen molar-refractivity contribution in [2.45, 2.75) is 32.7 Å². The number of aromatic nitrogens is 3. The van der Waals surface area contributed by atoms with Gasteiger partial charge in [-0.25, -0.2) is 9.97 Å². The van der Waals surface area contributed by atoms with Gasteiger partial charge in [0.25, 0.3) is 0 Å². The van der Waals surface area contributed by atoms with Crippen molar-refractivity contribution in [2.75, 3.05) is 25.5 Å². The zero-order valence-corrected chi connectivity index (χ0v) is 15.4. The number of ether oxygens (including phenoxy) is 1. The zero-order chi connectivity index (χ0) is 17.6. The van der Waals surface area contributed by atoms with Gasteiger partial charge in [-0.05, 0) is 31.7 Å². The molecule has 1 saturated heterocycles. The molecule has 3 heterocycles. The number of carbonyl (C=O) groups is 1. The van der Waals surface area contributed by atoms with Crippen molar-refractivity contribution in [1.29, 1.82) is 0 Å². The van der Waals surface area contributed by atoms with Crippen LogP contribution in [0.3, 0.4) is 0 Å². The number of likely N-dealkylation sites (tertiary alicyclic amines) is 1. The summed E-state index contributed by atoms with van der Waals surface area (Å²) in [5.74, 6) is 1.05. The Kier molecular flexibility index (Phi) is 5.93. The van der Waals surface area contributed by atoms with Crippen LogP contribution in [-0.4, -0.2) is 46.0 Å². The van der Waals surface area contributed by atoms with E-state index in [1.165, 1.54) is 24.6 Å². The highest BCUT2D eigenvalue weighted by Gasteiger charge is 2.21. The van der Waals surface area contributed by atoms with E-state index >= 15 is 0 Å². The highest BCUT2D eigenvalue weighted by atomic mass is 32.1. The summed E-state index contributed by atoms with van der Waals surface area (Å²) in [6.07, 6.45) is 8.61. The number of piperidine rings is 1. The molecule has 2 aromatic rings. The monoisotopic (exact) mass is 361 g/mol. The van der Waals surface area contributed by atoms with Crippen LogP contribution in [0.2, 0.25) is 0 Å². The van der Waals surface area contributed by atoms with Gasteiger partial charge in [0.05, 0.1) is 19.0 Å². The number of anilines is 1. The van der Waals surface area contributed by atoms with Crippen LogP contribution >= 0.6 is 11.3 Å². The first kappa shape index (κ1) is 17.8. The first-order valence-electron chi connectivity index (χ1n) is 8.42. The molecule has 1 fully saturated rings. The average Bonchev–Trinajstić information content (AvgIpc) is 3.01. The summed E-state index contributed by atoms with van der Waals surface area (Å²) in [6.45, 7) is 4.50. The molecule has 1 aliphatic rings. The number of amides is 1. The number of rotatable bonds is 6. The Morgan fingerprint density at radius 2 is 2.32 bits per heavy atom. The Morgan fingerprint density at radius 3 is 3.12 bits per heavy atom. The Hall–Kier alpha value is -2.06. The van der Waals surface area contributed by atoms with E-state index in [4.69, 9.17) is 4.74 Å². The Labute approximate surface area is 151 Å². The van der Waals surface area contributed by atoms with Gasteiger partial charge in [0, 0.05) is 37.3 Å². The molecule has 0 bridgehead atoms. The van der Waals surface area contributed by atoms with Crippen molar-refractivity contribution >= 4 is 22.4 Å². The topological polar surface area (TPSA) is 80.2 Å². The van der Waals surface area contributed by atoms with E-state index < -0.39 is 0 Å². The van der Waals surface area contributed by atoms with Gasteiger partial charge in [0.15, 0.2) is 5.13 Å². The van der Waals surface area contributed by atoms with E-state index in [9.17, 15) is 4.79 Å². The van der Waals surface area contributed by atoms with Crippen LogP contribution in [0.1, 0.15) is 30.3 Å². The summed E-state index contributed by atoms with van der Waals surface area (Å²) in [7, 11) is 1.61. The SMILES string of the molecule is COc1cncc(CC2CCCN(Cc3cnc(NC(C)=O)s3)C2)n1. The molecule has 2 aromatic heterocycles. The predicted octanol–water partition coefficient (Wildman–Crippen LogP) is 2.35. The molecule has 1 amide bonds. The fourth-order valence-electron chi connectivity index (χ4n) is 3.15. The van der Waals surface area contributed by atoms with Crippen LogP contribution in [0.25, 0.3) is 0 Å². The van der Waals surface area contributed by atoms with Crippen molar-refractivity contribution < 1.29 is 9.53 Å². The second-order valence-corrected chi connectivity index (χ2v) is 7.43. The van der Waals surface area contributed by atoms with Crippen molar-refractivity contribution in [3.63, 3.8) is 0 Å². The molecule has 1 atom stereocenters.